The highest BCUT2D eigenvalue weighted by molar-refractivity contribution is 5.88. The predicted octanol–water partition coefficient (Wildman–Crippen LogP) is 6.31. The van der Waals surface area contributed by atoms with Crippen molar-refractivity contribution in [3.8, 4) is 0 Å². The summed E-state index contributed by atoms with van der Waals surface area (Å²) in [6.45, 7) is 4.16. The molecule has 0 saturated heterocycles. The molecule has 3 aromatic rings. The van der Waals surface area contributed by atoms with Crippen molar-refractivity contribution in [1.29, 1.82) is 0 Å². The van der Waals surface area contributed by atoms with E-state index in [1.165, 1.54) is 27.5 Å². The van der Waals surface area contributed by atoms with E-state index in [0.29, 0.717) is 0 Å². The molecule has 1 unspecified atom stereocenters. The van der Waals surface area contributed by atoms with Gasteiger partial charge in [-0.2, -0.15) is 0 Å². The molecule has 0 aromatic heterocycles. The second-order valence-electron chi connectivity index (χ2n) is 6.33. The van der Waals surface area contributed by atoms with Crippen molar-refractivity contribution in [2.24, 2.45) is 0 Å². The fourth-order valence-corrected chi connectivity index (χ4v) is 3.59. The van der Waals surface area contributed by atoms with Gasteiger partial charge < -0.3 is 0 Å². The number of rotatable bonds is 3. The van der Waals surface area contributed by atoms with Gasteiger partial charge in [0, 0.05) is 5.41 Å². The molecule has 1 aliphatic carbocycles. The third-order valence-corrected chi connectivity index (χ3v) is 4.98. The maximum Gasteiger partial charge on any atom is 0.0353 e. The van der Waals surface area contributed by atoms with Crippen LogP contribution in [0.1, 0.15) is 17.5 Å². The Kier molecular flexibility index (Phi) is 3.66. The molecule has 0 amide bonds. The Morgan fingerprint density at radius 3 is 2.33 bits per heavy atom. The first kappa shape index (κ1) is 14.7. The third-order valence-electron chi connectivity index (χ3n) is 4.98. The lowest BCUT2D eigenvalue weighted by Crippen LogP contribution is -2.22. The van der Waals surface area contributed by atoms with Crippen LogP contribution in [0.2, 0.25) is 0 Å². The van der Waals surface area contributed by atoms with E-state index in [1.54, 1.807) is 0 Å². The summed E-state index contributed by atoms with van der Waals surface area (Å²) in [6, 6.07) is 25.7. The molecular weight excluding hydrogens is 288 g/mol. The van der Waals surface area contributed by atoms with Crippen LogP contribution in [-0.2, 0) is 5.41 Å². The zero-order chi connectivity index (χ0) is 16.4. The van der Waals surface area contributed by atoms with E-state index in [0.717, 1.165) is 6.42 Å². The average Bonchev–Trinajstić information content (AvgIpc) is 2.68. The van der Waals surface area contributed by atoms with Crippen molar-refractivity contribution >= 4 is 16.3 Å². The Labute approximate surface area is 143 Å². The molecule has 0 aliphatic heterocycles. The fourth-order valence-electron chi connectivity index (χ4n) is 3.59. The Hall–Kier alpha value is -2.86. The van der Waals surface area contributed by atoms with Crippen LogP contribution < -0.4 is 0 Å². The lowest BCUT2D eigenvalue weighted by atomic mass is 9.72. The van der Waals surface area contributed by atoms with Gasteiger partial charge in [0.2, 0.25) is 0 Å². The van der Waals surface area contributed by atoms with Gasteiger partial charge >= 0.3 is 0 Å². The van der Waals surface area contributed by atoms with Crippen molar-refractivity contribution < 1.29 is 0 Å². The van der Waals surface area contributed by atoms with Crippen LogP contribution in [0.3, 0.4) is 0 Å². The maximum atomic E-state index is 4.16. The van der Waals surface area contributed by atoms with Crippen LogP contribution >= 0.6 is 0 Å². The van der Waals surface area contributed by atoms with E-state index in [1.807, 2.05) is 0 Å². The van der Waals surface area contributed by atoms with E-state index >= 15 is 0 Å². The number of hydrogen-bond acceptors (Lipinski definition) is 0. The van der Waals surface area contributed by atoms with E-state index in [-0.39, 0.29) is 5.41 Å². The first-order valence-corrected chi connectivity index (χ1v) is 8.39. The standard InChI is InChI=1S/C24H20/c1-2-24(23-14-8-12-21-11-6-7-13-22(21)23)17-15-20(16-18-24)19-9-4-3-5-10-19/h2-17H,1,18H2. The molecule has 0 N–H and O–H groups in total. The summed E-state index contributed by atoms with van der Waals surface area (Å²) in [5, 5.41) is 2.59. The summed E-state index contributed by atoms with van der Waals surface area (Å²) in [4.78, 5) is 0. The minimum Gasteiger partial charge on any atom is -0.102 e. The summed E-state index contributed by atoms with van der Waals surface area (Å²) in [5.41, 5.74) is 3.74. The summed E-state index contributed by atoms with van der Waals surface area (Å²) < 4.78 is 0. The quantitative estimate of drug-likeness (QED) is 0.497. The minimum atomic E-state index is -0.140. The molecule has 0 saturated carbocycles. The molecule has 0 heterocycles. The molecular formula is C24H20. The number of allylic oxidation sites excluding steroid dienone is 5. The average molecular weight is 308 g/mol. The van der Waals surface area contributed by atoms with Gasteiger partial charge in [-0.3, -0.25) is 0 Å². The van der Waals surface area contributed by atoms with Crippen LogP contribution in [0.15, 0.2) is 104 Å². The second-order valence-corrected chi connectivity index (χ2v) is 6.33. The highest BCUT2D eigenvalue weighted by Crippen LogP contribution is 2.40. The lowest BCUT2D eigenvalue weighted by Gasteiger charge is -2.31. The van der Waals surface area contributed by atoms with Gasteiger partial charge in [-0.15, -0.1) is 6.58 Å². The zero-order valence-electron chi connectivity index (χ0n) is 13.7. The largest absolute Gasteiger partial charge is 0.102 e. The number of hydrogen-bond donors (Lipinski definition) is 0. The summed E-state index contributed by atoms with van der Waals surface area (Å²) >= 11 is 0. The minimum absolute atomic E-state index is 0.140. The Balaban J connectivity index is 1.78. The lowest BCUT2D eigenvalue weighted by molar-refractivity contribution is 0.685. The van der Waals surface area contributed by atoms with Crippen LogP contribution in [0.25, 0.3) is 16.3 Å². The summed E-state index contributed by atoms with van der Waals surface area (Å²) in [7, 11) is 0. The molecule has 0 heteroatoms. The monoisotopic (exact) mass is 308 g/mol. The smallest absolute Gasteiger partial charge is 0.0353 e. The number of fused-ring (bicyclic) bond motifs is 1. The Bertz CT molecular complexity index is 939. The highest BCUT2D eigenvalue weighted by atomic mass is 14.3. The zero-order valence-corrected chi connectivity index (χ0v) is 13.7. The van der Waals surface area contributed by atoms with Gasteiger partial charge in [0.25, 0.3) is 0 Å². The van der Waals surface area contributed by atoms with Crippen molar-refractivity contribution in [1.82, 2.24) is 0 Å². The topological polar surface area (TPSA) is 0 Å². The van der Waals surface area contributed by atoms with Crippen molar-refractivity contribution in [2.45, 2.75) is 11.8 Å². The summed E-state index contributed by atoms with van der Waals surface area (Å²) in [5.74, 6) is 0. The van der Waals surface area contributed by atoms with Gasteiger partial charge in [0.1, 0.15) is 0 Å². The van der Waals surface area contributed by atoms with Gasteiger partial charge in [0.05, 0.1) is 0 Å². The van der Waals surface area contributed by atoms with Crippen LogP contribution in [0.4, 0.5) is 0 Å². The molecule has 0 fully saturated rings. The van der Waals surface area contributed by atoms with Crippen molar-refractivity contribution in [2.75, 3.05) is 0 Å². The molecule has 1 atom stereocenters. The number of benzene rings is 3. The molecule has 116 valence electrons. The van der Waals surface area contributed by atoms with Crippen LogP contribution in [-0.4, -0.2) is 0 Å². The Morgan fingerprint density at radius 1 is 0.833 bits per heavy atom. The molecule has 0 spiro atoms. The molecule has 4 rings (SSSR count). The normalized spacial score (nSPS) is 19.9. The van der Waals surface area contributed by atoms with E-state index in [2.05, 4.69) is 104 Å². The van der Waals surface area contributed by atoms with Gasteiger partial charge in [0.15, 0.2) is 0 Å². The van der Waals surface area contributed by atoms with Crippen LogP contribution in [0.5, 0.6) is 0 Å². The molecule has 0 nitrogen and oxygen atoms in total. The maximum absolute atomic E-state index is 4.16. The van der Waals surface area contributed by atoms with Gasteiger partial charge in [-0.05, 0) is 33.9 Å². The van der Waals surface area contributed by atoms with E-state index in [4.69, 9.17) is 0 Å². The first-order chi connectivity index (χ1) is 11.8. The molecule has 1 aliphatic rings. The van der Waals surface area contributed by atoms with Gasteiger partial charge in [-0.25, -0.2) is 0 Å². The molecule has 24 heavy (non-hydrogen) atoms. The van der Waals surface area contributed by atoms with Crippen molar-refractivity contribution in [3.63, 3.8) is 0 Å². The van der Waals surface area contributed by atoms with Crippen molar-refractivity contribution in [3.05, 3.63) is 115 Å². The van der Waals surface area contributed by atoms with E-state index in [9.17, 15) is 0 Å². The Morgan fingerprint density at radius 2 is 1.58 bits per heavy atom. The SMILES string of the molecule is C=CC1(c2cccc3ccccc23)C=CC(c2ccccc2)=CC1. The van der Waals surface area contributed by atoms with E-state index < -0.39 is 0 Å². The second kappa shape index (κ2) is 5.98. The highest BCUT2D eigenvalue weighted by Gasteiger charge is 2.28. The first-order valence-electron chi connectivity index (χ1n) is 8.39. The van der Waals surface area contributed by atoms with Gasteiger partial charge in [-0.1, -0.05) is 97.1 Å². The molecule has 3 aromatic carbocycles. The third kappa shape index (κ3) is 2.41. The summed E-state index contributed by atoms with van der Waals surface area (Å²) in [6.07, 6.45) is 9.90. The predicted molar refractivity (Wildman–Crippen MR) is 104 cm³/mol. The fraction of sp³-hybridized carbons (Fsp3) is 0.0833. The van der Waals surface area contributed by atoms with Crippen LogP contribution in [0, 0.1) is 0 Å². The molecule has 0 bridgehead atoms. The molecule has 0 radical (unpaired) electrons.